The molecule has 4 nitrogen and oxygen atoms in total. The molecule has 1 aromatic carbocycles. The average Bonchev–Trinajstić information content (AvgIpc) is 2.51. The van der Waals surface area contributed by atoms with E-state index in [1.54, 1.807) is 12.5 Å². The van der Waals surface area contributed by atoms with Gasteiger partial charge < -0.3 is 9.68 Å². The normalized spacial score (nSPS) is 27.4. The first-order valence-corrected chi connectivity index (χ1v) is 6.62. The largest absolute Gasteiger partial charge is 0.417 e. The summed E-state index contributed by atoms with van der Waals surface area (Å²) in [5, 5.41) is 0. The van der Waals surface area contributed by atoms with Gasteiger partial charge in [0.1, 0.15) is 12.5 Å². The molecule has 0 saturated heterocycles. The molecular weight excluding hydrogens is 240 g/mol. The number of rotatable bonds is 3. The summed E-state index contributed by atoms with van der Waals surface area (Å²) in [5.41, 5.74) is 7.50. The predicted octanol–water partition coefficient (Wildman–Crippen LogP) is 2.38. The molecule has 100 valence electrons. The van der Waals surface area contributed by atoms with Gasteiger partial charge in [0, 0.05) is 5.92 Å². The number of hydroxylamine groups is 2. The van der Waals surface area contributed by atoms with Crippen LogP contribution in [-0.4, -0.2) is 12.1 Å². The van der Waals surface area contributed by atoms with E-state index in [9.17, 15) is 0 Å². The van der Waals surface area contributed by atoms with Gasteiger partial charge in [0.05, 0.1) is 12.1 Å². The maximum absolute atomic E-state index is 5.26. The van der Waals surface area contributed by atoms with Crippen molar-refractivity contribution in [3.63, 3.8) is 0 Å². The molecule has 2 heterocycles. The Morgan fingerprint density at radius 1 is 0.895 bits per heavy atom. The topological polar surface area (TPSA) is 42.5 Å². The summed E-state index contributed by atoms with van der Waals surface area (Å²) in [7, 11) is 0. The van der Waals surface area contributed by atoms with Crippen LogP contribution in [0.25, 0.3) is 0 Å². The highest BCUT2D eigenvalue weighted by Crippen LogP contribution is 2.29. The second-order valence-corrected chi connectivity index (χ2v) is 4.84. The lowest BCUT2D eigenvalue weighted by Gasteiger charge is -2.35. The average molecular weight is 258 g/mol. The molecule has 0 amide bonds. The van der Waals surface area contributed by atoms with Gasteiger partial charge in [0.2, 0.25) is 0 Å². The second kappa shape index (κ2) is 5.91. The van der Waals surface area contributed by atoms with Gasteiger partial charge in [-0.2, -0.15) is 11.0 Å². The predicted molar refractivity (Wildman–Crippen MR) is 72.7 cm³/mol. The Kier molecular flexibility index (Phi) is 3.81. The van der Waals surface area contributed by atoms with Crippen molar-refractivity contribution >= 4 is 0 Å². The van der Waals surface area contributed by atoms with Crippen LogP contribution in [0.2, 0.25) is 0 Å². The van der Waals surface area contributed by atoms with Gasteiger partial charge >= 0.3 is 0 Å². The highest BCUT2D eigenvalue weighted by atomic mass is 16.6. The molecule has 2 aliphatic heterocycles. The third-order valence-electron chi connectivity index (χ3n) is 3.60. The first kappa shape index (κ1) is 12.3. The summed E-state index contributed by atoms with van der Waals surface area (Å²) < 4.78 is 0. The first-order chi connectivity index (χ1) is 9.45. The van der Waals surface area contributed by atoms with Crippen molar-refractivity contribution in [1.29, 1.82) is 0 Å². The van der Waals surface area contributed by atoms with Gasteiger partial charge in [-0.15, -0.1) is 0 Å². The monoisotopic (exact) mass is 258 g/mol. The minimum atomic E-state index is 0.236. The van der Waals surface area contributed by atoms with Crippen LogP contribution in [0.5, 0.6) is 0 Å². The molecule has 2 unspecified atom stereocenters. The van der Waals surface area contributed by atoms with Crippen LogP contribution in [-0.2, 0) is 9.68 Å². The van der Waals surface area contributed by atoms with E-state index in [1.165, 1.54) is 5.56 Å². The molecule has 0 saturated carbocycles. The molecule has 4 heteroatoms. The van der Waals surface area contributed by atoms with E-state index < -0.39 is 0 Å². The highest BCUT2D eigenvalue weighted by Gasteiger charge is 2.32. The zero-order valence-corrected chi connectivity index (χ0v) is 10.7. The summed E-state index contributed by atoms with van der Waals surface area (Å²) >= 11 is 0. The molecule has 0 bridgehead atoms. The molecule has 1 aromatic rings. The van der Waals surface area contributed by atoms with E-state index in [4.69, 9.17) is 9.68 Å². The summed E-state index contributed by atoms with van der Waals surface area (Å²) in [4.78, 5) is 10.5. The van der Waals surface area contributed by atoms with E-state index in [-0.39, 0.29) is 18.0 Å². The van der Waals surface area contributed by atoms with E-state index >= 15 is 0 Å². The number of nitrogens with one attached hydrogen (secondary N) is 2. The Bertz CT molecular complexity index is 434. The van der Waals surface area contributed by atoms with Crippen LogP contribution in [0.4, 0.5) is 0 Å². The fourth-order valence-corrected chi connectivity index (χ4v) is 2.71. The van der Waals surface area contributed by atoms with Crippen LogP contribution >= 0.6 is 0 Å². The Hall–Kier alpha value is -1.78. The molecule has 2 N–H and O–H groups in total. The van der Waals surface area contributed by atoms with Crippen LogP contribution in [0.1, 0.15) is 24.3 Å². The zero-order chi connectivity index (χ0) is 12.9. The van der Waals surface area contributed by atoms with Crippen LogP contribution in [0.15, 0.2) is 55.0 Å². The maximum Gasteiger partial charge on any atom is 0.107 e. The van der Waals surface area contributed by atoms with Crippen molar-refractivity contribution in [1.82, 2.24) is 11.0 Å². The van der Waals surface area contributed by atoms with Crippen molar-refractivity contribution in [2.75, 3.05) is 0 Å². The molecule has 0 fully saturated rings. The van der Waals surface area contributed by atoms with Crippen LogP contribution in [0, 0.1) is 0 Å². The Morgan fingerprint density at radius 2 is 1.47 bits per heavy atom. The standard InChI is InChI=1S/C15H18N2O2/c1-2-6-12(7-3-1)15(13-8-4-10-18-16-13)14-9-5-11-19-17-14/h1-7,10-11,13-17H,8-9H2. The Labute approximate surface area is 113 Å². The molecule has 19 heavy (non-hydrogen) atoms. The minimum Gasteiger partial charge on any atom is -0.417 e. The summed E-state index contributed by atoms with van der Waals surface area (Å²) in [6, 6.07) is 11.0. The van der Waals surface area contributed by atoms with Crippen LogP contribution < -0.4 is 11.0 Å². The zero-order valence-electron chi connectivity index (χ0n) is 10.7. The third-order valence-corrected chi connectivity index (χ3v) is 3.60. The van der Waals surface area contributed by atoms with E-state index in [1.807, 2.05) is 6.07 Å². The van der Waals surface area contributed by atoms with E-state index in [0.717, 1.165) is 12.8 Å². The summed E-state index contributed by atoms with van der Waals surface area (Å²) in [5.74, 6) is 0.288. The molecule has 0 radical (unpaired) electrons. The lowest BCUT2D eigenvalue weighted by atomic mass is 9.82. The van der Waals surface area contributed by atoms with Gasteiger partial charge in [-0.1, -0.05) is 30.3 Å². The summed E-state index contributed by atoms with van der Waals surface area (Å²) in [6.07, 6.45) is 9.39. The van der Waals surface area contributed by atoms with Gasteiger partial charge in [0.25, 0.3) is 0 Å². The quantitative estimate of drug-likeness (QED) is 0.873. The molecule has 0 spiro atoms. The fourth-order valence-electron chi connectivity index (χ4n) is 2.71. The van der Waals surface area contributed by atoms with Gasteiger partial charge in [0.15, 0.2) is 0 Å². The number of hydrogen-bond donors (Lipinski definition) is 2. The van der Waals surface area contributed by atoms with Crippen molar-refractivity contribution < 1.29 is 9.68 Å². The van der Waals surface area contributed by atoms with Crippen molar-refractivity contribution in [2.24, 2.45) is 0 Å². The third kappa shape index (κ3) is 2.80. The van der Waals surface area contributed by atoms with E-state index in [0.29, 0.717) is 0 Å². The SMILES string of the molecule is C1=CONC(C(c2ccccc2)C2CC=CON2)C1. The lowest BCUT2D eigenvalue weighted by molar-refractivity contribution is 0.0343. The smallest absolute Gasteiger partial charge is 0.107 e. The van der Waals surface area contributed by atoms with Gasteiger partial charge in [-0.05, 0) is 30.6 Å². The number of hydrogen-bond acceptors (Lipinski definition) is 4. The maximum atomic E-state index is 5.26. The Balaban J connectivity index is 1.86. The van der Waals surface area contributed by atoms with Crippen LogP contribution in [0.3, 0.4) is 0 Å². The first-order valence-electron chi connectivity index (χ1n) is 6.62. The molecule has 0 aromatic heterocycles. The van der Waals surface area contributed by atoms with Crippen molar-refractivity contribution in [3.8, 4) is 0 Å². The van der Waals surface area contributed by atoms with Gasteiger partial charge in [-0.25, -0.2) is 0 Å². The summed E-state index contributed by atoms with van der Waals surface area (Å²) in [6.45, 7) is 0. The molecule has 2 atom stereocenters. The van der Waals surface area contributed by atoms with Crippen molar-refractivity contribution in [3.05, 3.63) is 60.6 Å². The lowest BCUT2D eigenvalue weighted by Crippen LogP contribution is -2.46. The molecular formula is C15H18N2O2. The second-order valence-electron chi connectivity index (χ2n) is 4.84. The number of benzene rings is 1. The van der Waals surface area contributed by atoms with Crippen molar-refractivity contribution in [2.45, 2.75) is 30.8 Å². The minimum absolute atomic E-state index is 0.236. The molecule has 2 aliphatic rings. The molecule has 3 rings (SSSR count). The Morgan fingerprint density at radius 3 is 1.95 bits per heavy atom. The fraction of sp³-hybridized carbons (Fsp3) is 0.333. The van der Waals surface area contributed by atoms with Gasteiger partial charge in [-0.3, -0.25) is 0 Å². The highest BCUT2D eigenvalue weighted by molar-refractivity contribution is 5.24. The molecule has 0 aliphatic carbocycles. The van der Waals surface area contributed by atoms with E-state index in [2.05, 4.69) is 47.4 Å².